The fourth-order valence-electron chi connectivity index (χ4n) is 3.96. The van der Waals surface area contributed by atoms with Crippen molar-refractivity contribution < 1.29 is 9.53 Å². The first kappa shape index (κ1) is 18.5. The maximum atomic E-state index is 13.0. The Morgan fingerprint density at radius 2 is 1.81 bits per heavy atom. The van der Waals surface area contributed by atoms with Crippen LogP contribution in [-0.4, -0.2) is 59.3 Å². The Morgan fingerprint density at radius 1 is 1.11 bits per heavy atom. The van der Waals surface area contributed by atoms with E-state index in [0.717, 1.165) is 31.1 Å². The second kappa shape index (κ2) is 8.46. The third kappa shape index (κ3) is 4.37. The molecule has 2 saturated heterocycles. The first-order valence-electron chi connectivity index (χ1n) is 9.61. The normalized spacial score (nSPS) is 23.8. The van der Waals surface area contributed by atoms with Gasteiger partial charge in [-0.1, -0.05) is 48.5 Å². The van der Waals surface area contributed by atoms with E-state index < -0.39 is 0 Å². The summed E-state index contributed by atoms with van der Waals surface area (Å²) in [5.74, 6) is 0.210. The standard InChI is InChI=1S/C22H26N2O2S/c1-17(27-19-10-6-3-7-11-19)22(25)24-15-20-21(16-24)26-13-12-23(20)14-18-8-4-2-5-9-18/h2-11,17,20-21H,12-16H2,1H3/t17-,20-,21+/m1/s1. The van der Waals surface area contributed by atoms with Gasteiger partial charge in [0.1, 0.15) is 0 Å². The van der Waals surface area contributed by atoms with Crippen LogP contribution >= 0.6 is 11.8 Å². The summed E-state index contributed by atoms with van der Waals surface area (Å²) in [7, 11) is 0. The van der Waals surface area contributed by atoms with E-state index in [4.69, 9.17) is 4.74 Å². The molecule has 0 aliphatic carbocycles. The van der Waals surface area contributed by atoms with Crippen molar-refractivity contribution in [2.75, 3.05) is 26.2 Å². The number of hydrogen-bond acceptors (Lipinski definition) is 4. The van der Waals surface area contributed by atoms with Crippen LogP contribution in [0.25, 0.3) is 0 Å². The highest BCUT2D eigenvalue weighted by atomic mass is 32.2. The molecular weight excluding hydrogens is 356 g/mol. The number of amides is 1. The molecular formula is C22H26N2O2S. The summed E-state index contributed by atoms with van der Waals surface area (Å²) in [6, 6.07) is 21.0. The van der Waals surface area contributed by atoms with Crippen LogP contribution in [0.4, 0.5) is 0 Å². The Morgan fingerprint density at radius 3 is 2.56 bits per heavy atom. The number of likely N-dealkylation sites (tertiary alicyclic amines) is 1. The summed E-state index contributed by atoms with van der Waals surface area (Å²) in [6.45, 7) is 6.05. The molecule has 27 heavy (non-hydrogen) atoms. The minimum Gasteiger partial charge on any atom is -0.373 e. The number of rotatable bonds is 5. The molecule has 5 heteroatoms. The molecule has 0 bridgehead atoms. The summed E-state index contributed by atoms with van der Waals surface area (Å²) in [5.41, 5.74) is 1.32. The lowest BCUT2D eigenvalue weighted by Gasteiger charge is -2.36. The molecule has 2 fully saturated rings. The topological polar surface area (TPSA) is 32.8 Å². The van der Waals surface area contributed by atoms with E-state index in [1.54, 1.807) is 11.8 Å². The van der Waals surface area contributed by atoms with E-state index >= 15 is 0 Å². The fraction of sp³-hybridized carbons (Fsp3) is 0.409. The summed E-state index contributed by atoms with van der Waals surface area (Å²) >= 11 is 1.63. The molecule has 0 radical (unpaired) electrons. The SMILES string of the molecule is C[C@@H](Sc1ccccc1)C(=O)N1C[C@@H]2OCCN(Cc3ccccc3)[C@@H]2C1. The monoisotopic (exact) mass is 382 g/mol. The van der Waals surface area contributed by atoms with Gasteiger partial charge in [0.25, 0.3) is 0 Å². The fourth-order valence-corrected chi connectivity index (χ4v) is 4.94. The Kier molecular flexibility index (Phi) is 5.81. The minimum absolute atomic E-state index is 0.0878. The van der Waals surface area contributed by atoms with E-state index in [1.165, 1.54) is 5.56 Å². The quantitative estimate of drug-likeness (QED) is 0.743. The molecule has 2 heterocycles. The zero-order chi connectivity index (χ0) is 18.6. The maximum Gasteiger partial charge on any atom is 0.235 e. The van der Waals surface area contributed by atoms with Gasteiger partial charge in [0.05, 0.1) is 24.0 Å². The van der Waals surface area contributed by atoms with Crippen molar-refractivity contribution in [1.82, 2.24) is 9.80 Å². The van der Waals surface area contributed by atoms with Gasteiger partial charge in [-0.25, -0.2) is 0 Å². The molecule has 3 atom stereocenters. The molecule has 142 valence electrons. The lowest BCUT2D eigenvalue weighted by molar-refractivity contribution is -0.129. The van der Waals surface area contributed by atoms with E-state index in [1.807, 2.05) is 36.1 Å². The van der Waals surface area contributed by atoms with Gasteiger partial charge in [-0.2, -0.15) is 0 Å². The van der Waals surface area contributed by atoms with Gasteiger partial charge in [0.2, 0.25) is 5.91 Å². The third-order valence-corrected chi connectivity index (χ3v) is 6.46. The average molecular weight is 383 g/mol. The van der Waals surface area contributed by atoms with Gasteiger partial charge in [0.15, 0.2) is 0 Å². The Balaban J connectivity index is 1.39. The molecule has 2 aromatic carbocycles. The van der Waals surface area contributed by atoms with Gasteiger partial charge < -0.3 is 9.64 Å². The second-order valence-electron chi connectivity index (χ2n) is 7.25. The molecule has 2 aliphatic heterocycles. The van der Waals surface area contributed by atoms with Crippen molar-refractivity contribution in [3.05, 3.63) is 66.2 Å². The van der Waals surface area contributed by atoms with E-state index in [0.29, 0.717) is 6.54 Å². The molecule has 0 unspecified atom stereocenters. The van der Waals surface area contributed by atoms with Crippen molar-refractivity contribution in [2.24, 2.45) is 0 Å². The van der Waals surface area contributed by atoms with E-state index in [9.17, 15) is 4.79 Å². The largest absolute Gasteiger partial charge is 0.373 e. The first-order valence-corrected chi connectivity index (χ1v) is 10.5. The molecule has 2 aliphatic rings. The molecule has 2 aromatic rings. The predicted molar refractivity (Wildman–Crippen MR) is 109 cm³/mol. The number of thioether (sulfide) groups is 1. The number of ether oxygens (including phenoxy) is 1. The van der Waals surface area contributed by atoms with Crippen LogP contribution in [0.2, 0.25) is 0 Å². The number of morpholine rings is 1. The van der Waals surface area contributed by atoms with Crippen LogP contribution < -0.4 is 0 Å². The van der Waals surface area contributed by atoms with Crippen LogP contribution in [0.1, 0.15) is 12.5 Å². The highest BCUT2D eigenvalue weighted by Gasteiger charge is 2.42. The average Bonchev–Trinajstić information content (AvgIpc) is 3.14. The van der Waals surface area contributed by atoms with Crippen LogP contribution in [0.15, 0.2) is 65.6 Å². The molecule has 0 saturated carbocycles. The van der Waals surface area contributed by atoms with Gasteiger partial charge >= 0.3 is 0 Å². The highest BCUT2D eigenvalue weighted by molar-refractivity contribution is 8.00. The molecule has 0 N–H and O–H groups in total. The Labute approximate surface area is 165 Å². The summed E-state index contributed by atoms with van der Waals surface area (Å²) in [5, 5.41) is -0.0878. The Bertz CT molecular complexity index is 755. The number of hydrogen-bond donors (Lipinski definition) is 0. The lowest BCUT2D eigenvalue weighted by Crippen LogP contribution is -2.50. The Hall–Kier alpha value is -1.82. The molecule has 4 rings (SSSR count). The van der Waals surface area contributed by atoms with Crippen molar-refractivity contribution in [1.29, 1.82) is 0 Å². The highest BCUT2D eigenvalue weighted by Crippen LogP contribution is 2.29. The van der Waals surface area contributed by atoms with Crippen LogP contribution in [0.5, 0.6) is 0 Å². The summed E-state index contributed by atoms with van der Waals surface area (Å²) in [4.78, 5) is 18.6. The van der Waals surface area contributed by atoms with Gasteiger partial charge in [-0.15, -0.1) is 11.8 Å². The maximum absolute atomic E-state index is 13.0. The molecule has 4 nitrogen and oxygen atoms in total. The predicted octanol–water partition coefficient (Wildman–Crippen LogP) is 3.28. The summed E-state index contributed by atoms with van der Waals surface area (Å²) in [6.07, 6.45) is 0.125. The van der Waals surface area contributed by atoms with Crippen LogP contribution in [0.3, 0.4) is 0 Å². The van der Waals surface area contributed by atoms with Crippen molar-refractivity contribution in [2.45, 2.75) is 35.8 Å². The van der Waals surface area contributed by atoms with Gasteiger partial charge in [0, 0.05) is 31.1 Å². The lowest BCUT2D eigenvalue weighted by atomic mass is 10.1. The minimum atomic E-state index is -0.0878. The zero-order valence-electron chi connectivity index (χ0n) is 15.7. The number of carbonyl (C=O) groups is 1. The van der Waals surface area contributed by atoms with E-state index in [2.05, 4.69) is 41.3 Å². The number of benzene rings is 2. The summed E-state index contributed by atoms with van der Waals surface area (Å²) < 4.78 is 6.01. The number of fused-ring (bicyclic) bond motifs is 1. The molecule has 0 spiro atoms. The number of carbonyl (C=O) groups excluding carboxylic acids is 1. The number of nitrogens with zero attached hydrogens (tertiary/aromatic N) is 2. The van der Waals surface area contributed by atoms with Gasteiger partial charge in [-0.05, 0) is 24.6 Å². The van der Waals surface area contributed by atoms with E-state index in [-0.39, 0.29) is 23.3 Å². The second-order valence-corrected chi connectivity index (χ2v) is 8.66. The van der Waals surface area contributed by atoms with Crippen LogP contribution in [-0.2, 0) is 16.1 Å². The third-order valence-electron chi connectivity index (χ3n) is 5.36. The van der Waals surface area contributed by atoms with Crippen LogP contribution in [0, 0.1) is 0 Å². The first-order chi connectivity index (χ1) is 13.2. The van der Waals surface area contributed by atoms with Gasteiger partial charge in [-0.3, -0.25) is 9.69 Å². The molecule has 1 amide bonds. The van der Waals surface area contributed by atoms with Crippen molar-refractivity contribution in [3.8, 4) is 0 Å². The molecule has 0 aromatic heterocycles. The van der Waals surface area contributed by atoms with Crippen molar-refractivity contribution in [3.63, 3.8) is 0 Å². The smallest absolute Gasteiger partial charge is 0.235 e. The zero-order valence-corrected chi connectivity index (χ0v) is 16.5. The van der Waals surface area contributed by atoms with Crippen molar-refractivity contribution >= 4 is 17.7 Å².